The van der Waals surface area contributed by atoms with E-state index in [-0.39, 0.29) is 6.04 Å². The molecule has 1 unspecified atom stereocenters. The Hall–Kier alpha value is -1.61. The lowest BCUT2D eigenvalue weighted by atomic mass is 10.1. The van der Waals surface area contributed by atoms with Gasteiger partial charge in [0.25, 0.3) is 0 Å². The Balaban J connectivity index is 2.15. The summed E-state index contributed by atoms with van der Waals surface area (Å²) in [5.41, 5.74) is 1.05. The highest BCUT2D eigenvalue weighted by molar-refractivity contribution is 6.31. The second kappa shape index (κ2) is 4.94. The standard InChI is InChI=1S/C12H12ClN3/c1-9(10-4-2-3-5-11(10)13)16-12-8-14-6-7-15-12/h2-9H,1H3,(H,15,16). The lowest BCUT2D eigenvalue weighted by molar-refractivity contribution is 0.871. The number of aromatic nitrogens is 2. The quantitative estimate of drug-likeness (QED) is 0.884. The van der Waals surface area contributed by atoms with Gasteiger partial charge in [0, 0.05) is 17.4 Å². The predicted octanol–water partition coefficient (Wildman–Crippen LogP) is 3.30. The van der Waals surface area contributed by atoms with Crippen LogP contribution in [-0.4, -0.2) is 9.97 Å². The molecule has 82 valence electrons. The average Bonchev–Trinajstić information content (AvgIpc) is 2.31. The summed E-state index contributed by atoms with van der Waals surface area (Å²) >= 11 is 6.11. The van der Waals surface area contributed by atoms with E-state index in [0.29, 0.717) is 0 Å². The molecule has 3 nitrogen and oxygen atoms in total. The van der Waals surface area contributed by atoms with Crippen LogP contribution in [0.1, 0.15) is 18.5 Å². The monoisotopic (exact) mass is 233 g/mol. The summed E-state index contributed by atoms with van der Waals surface area (Å²) in [6.07, 6.45) is 4.99. The smallest absolute Gasteiger partial charge is 0.144 e. The fourth-order valence-electron chi connectivity index (χ4n) is 1.50. The van der Waals surface area contributed by atoms with E-state index in [1.54, 1.807) is 18.6 Å². The van der Waals surface area contributed by atoms with E-state index >= 15 is 0 Å². The fraction of sp³-hybridized carbons (Fsp3) is 0.167. The first-order chi connectivity index (χ1) is 7.77. The summed E-state index contributed by atoms with van der Waals surface area (Å²) in [4.78, 5) is 8.15. The molecule has 0 spiro atoms. The molecule has 1 aromatic carbocycles. The number of benzene rings is 1. The molecule has 0 saturated carbocycles. The van der Waals surface area contributed by atoms with Crippen LogP contribution >= 0.6 is 11.6 Å². The average molecular weight is 234 g/mol. The third-order valence-corrected chi connectivity index (χ3v) is 2.64. The highest BCUT2D eigenvalue weighted by Gasteiger charge is 2.08. The molecule has 16 heavy (non-hydrogen) atoms. The largest absolute Gasteiger partial charge is 0.362 e. The van der Waals surface area contributed by atoms with Gasteiger partial charge >= 0.3 is 0 Å². The van der Waals surface area contributed by atoms with Crippen LogP contribution in [-0.2, 0) is 0 Å². The highest BCUT2D eigenvalue weighted by atomic mass is 35.5. The molecule has 0 aliphatic heterocycles. The number of nitrogens with one attached hydrogen (secondary N) is 1. The zero-order valence-electron chi connectivity index (χ0n) is 8.89. The molecule has 0 amide bonds. The molecule has 0 radical (unpaired) electrons. The molecule has 0 saturated heterocycles. The molecule has 2 aromatic rings. The van der Waals surface area contributed by atoms with Crippen molar-refractivity contribution in [1.82, 2.24) is 9.97 Å². The van der Waals surface area contributed by atoms with Crippen LogP contribution in [0.4, 0.5) is 5.82 Å². The van der Waals surface area contributed by atoms with E-state index in [1.807, 2.05) is 31.2 Å². The first-order valence-electron chi connectivity index (χ1n) is 5.04. The molecule has 1 aromatic heterocycles. The van der Waals surface area contributed by atoms with Crippen LogP contribution in [0.2, 0.25) is 5.02 Å². The van der Waals surface area contributed by atoms with Crippen LogP contribution in [0.3, 0.4) is 0 Å². The molecule has 0 aliphatic rings. The zero-order chi connectivity index (χ0) is 11.4. The molecule has 1 heterocycles. The minimum absolute atomic E-state index is 0.102. The van der Waals surface area contributed by atoms with Crippen molar-refractivity contribution in [1.29, 1.82) is 0 Å². The van der Waals surface area contributed by atoms with Crippen LogP contribution in [0.25, 0.3) is 0 Å². The molecule has 0 bridgehead atoms. The van der Waals surface area contributed by atoms with E-state index < -0.39 is 0 Å². The van der Waals surface area contributed by atoms with E-state index in [4.69, 9.17) is 11.6 Å². The SMILES string of the molecule is CC(Nc1cnccn1)c1ccccc1Cl. The maximum Gasteiger partial charge on any atom is 0.144 e. The normalized spacial score (nSPS) is 12.1. The molecule has 2 rings (SSSR count). The summed E-state index contributed by atoms with van der Waals surface area (Å²) in [5, 5.41) is 4.00. The van der Waals surface area contributed by atoms with Crippen molar-refractivity contribution in [2.45, 2.75) is 13.0 Å². The lowest BCUT2D eigenvalue weighted by Crippen LogP contribution is -2.08. The number of rotatable bonds is 3. The van der Waals surface area contributed by atoms with Crippen molar-refractivity contribution in [2.75, 3.05) is 5.32 Å². The van der Waals surface area contributed by atoms with E-state index in [0.717, 1.165) is 16.4 Å². The van der Waals surface area contributed by atoms with Gasteiger partial charge in [-0.1, -0.05) is 29.8 Å². The Bertz CT molecular complexity index is 459. The molecule has 1 N–H and O–H groups in total. The van der Waals surface area contributed by atoms with Gasteiger partial charge in [-0.2, -0.15) is 0 Å². The topological polar surface area (TPSA) is 37.8 Å². The van der Waals surface area contributed by atoms with Gasteiger partial charge in [-0.3, -0.25) is 4.98 Å². The van der Waals surface area contributed by atoms with Crippen LogP contribution in [0, 0.1) is 0 Å². The van der Waals surface area contributed by atoms with Crippen molar-refractivity contribution in [3.63, 3.8) is 0 Å². The number of anilines is 1. The van der Waals surface area contributed by atoms with Gasteiger partial charge in [-0.15, -0.1) is 0 Å². The number of hydrogen-bond acceptors (Lipinski definition) is 3. The zero-order valence-corrected chi connectivity index (χ0v) is 9.65. The molecule has 1 atom stereocenters. The van der Waals surface area contributed by atoms with Crippen molar-refractivity contribution in [3.8, 4) is 0 Å². The number of hydrogen-bond donors (Lipinski definition) is 1. The summed E-state index contributed by atoms with van der Waals surface area (Å²) in [7, 11) is 0. The Morgan fingerprint density at radius 3 is 2.75 bits per heavy atom. The Morgan fingerprint density at radius 2 is 2.06 bits per heavy atom. The molecule has 0 fully saturated rings. The van der Waals surface area contributed by atoms with Crippen LogP contribution in [0.15, 0.2) is 42.9 Å². The second-order valence-corrected chi connectivity index (χ2v) is 3.89. The first-order valence-corrected chi connectivity index (χ1v) is 5.42. The van der Waals surface area contributed by atoms with Crippen LogP contribution < -0.4 is 5.32 Å². The minimum Gasteiger partial charge on any atom is -0.362 e. The maximum absolute atomic E-state index is 6.11. The van der Waals surface area contributed by atoms with E-state index in [2.05, 4.69) is 15.3 Å². The summed E-state index contributed by atoms with van der Waals surface area (Å²) in [6, 6.07) is 7.87. The van der Waals surface area contributed by atoms with Gasteiger partial charge in [-0.25, -0.2) is 4.98 Å². The summed E-state index contributed by atoms with van der Waals surface area (Å²) in [5.74, 6) is 0.745. The minimum atomic E-state index is 0.102. The maximum atomic E-state index is 6.11. The lowest BCUT2D eigenvalue weighted by Gasteiger charge is -2.15. The van der Waals surface area contributed by atoms with Crippen molar-refractivity contribution < 1.29 is 0 Å². The van der Waals surface area contributed by atoms with Crippen molar-refractivity contribution >= 4 is 17.4 Å². The molecule has 4 heteroatoms. The second-order valence-electron chi connectivity index (χ2n) is 3.48. The number of nitrogens with zero attached hydrogens (tertiary/aromatic N) is 2. The third-order valence-electron chi connectivity index (χ3n) is 2.30. The Labute approximate surface area is 99.5 Å². The van der Waals surface area contributed by atoms with Gasteiger partial charge in [0.15, 0.2) is 0 Å². The molecular weight excluding hydrogens is 222 g/mol. The highest BCUT2D eigenvalue weighted by Crippen LogP contribution is 2.24. The van der Waals surface area contributed by atoms with Crippen LogP contribution in [0.5, 0.6) is 0 Å². The molecular formula is C12H12ClN3. The first kappa shape index (κ1) is 10.9. The fourth-order valence-corrected chi connectivity index (χ4v) is 1.80. The van der Waals surface area contributed by atoms with E-state index in [9.17, 15) is 0 Å². The summed E-state index contributed by atoms with van der Waals surface area (Å²) in [6.45, 7) is 2.04. The van der Waals surface area contributed by atoms with Crippen molar-refractivity contribution in [2.24, 2.45) is 0 Å². The van der Waals surface area contributed by atoms with Gasteiger partial charge < -0.3 is 5.32 Å². The van der Waals surface area contributed by atoms with Gasteiger partial charge in [0.2, 0.25) is 0 Å². The predicted molar refractivity (Wildman–Crippen MR) is 65.5 cm³/mol. The molecule has 0 aliphatic carbocycles. The Morgan fingerprint density at radius 1 is 1.25 bits per heavy atom. The van der Waals surface area contributed by atoms with Gasteiger partial charge in [0.1, 0.15) is 5.82 Å². The number of halogens is 1. The third kappa shape index (κ3) is 2.49. The van der Waals surface area contributed by atoms with Gasteiger partial charge in [0.05, 0.1) is 12.2 Å². The Kier molecular flexibility index (Phi) is 3.37. The van der Waals surface area contributed by atoms with Crippen molar-refractivity contribution in [3.05, 3.63) is 53.4 Å². The van der Waals surface area contributed by atoms with E-state index in [1.165, 1.54) is 0 Å². The van der Waals surface area contributed by atoms with Gasteiger partial charge in [-0.05, 0) is 18.6 Å². The summed E-state index contributed by atoms with van der Waals surface area (Å²) < 4.78 is 0.